The fourth-order valence-electron chi connectivity index (χ4n) is 4.04. The standard InChI is InChI=1S/C22H31N3O8S.C2H6/c1-15-7-4-5-8-17(15)20(27)31-12-6-11-22(2,3)14-32-34(29,30)33-25-16-9-10-18(19(23)26)24(13-16)21(25)28;1-2/h4-5,7-8,16,18H,6,9-14H2,1-3H3,(H2,23,26);1-2H3/t16-,18+;/m1./s1. The summed E-state index contributed by atoms with van der Waals surface area (Å²) in [6.45, 7) is 9.60. The van der Waals surface area contributed by atoms with Crippen LogP contribution in [0.5, 0.6) is 0 Å². The van der Waals surface area contributed by atoms with E-state index in [0.29, 0.717) is 31.2 Å². The Balaban J connectivity index is 0.00000222. The van der Waals surface area contributed by atoms with Gasteiger partial charge < -0.3 is 15.4 Å². The molecule has 2 heterocycles. The lowest BCUT2D eigenvalue weighted by Crippen LogP contribution is -2.47. The number of nitrogens with two attached hydrogens (primary N) is 1. The second-order valence-electron chi connectivity index (χ2n) is 9.37. The van der Waals surface area contributed by atoms with Crippen molar-refractivity contribution in [3.8, 4) is 0 Å². The molecule has 2 atom stereocenters. The second kappa shape index (κ2) is 12.5. The van der Waals surface area contributed by atoms with Gasteiger partial charge in [-0.2, -0.15) is 13.5 Å². The molecule has 2 aliphatic heterocycles. The van der Waals surface area contributed by atoms with Gasteiger partial charge >= 0.3 is 22.4 Å². The van der Waals surface area contributed by atoms with Crippen LogP contribution in [-0.4, -0.2) is 68.1 Å². The van der Waals surface area contributed by atoms with Crippen LogP contribution in [0.15, 0.2) is 24.3 Å². The molecule has 11 nitrogen and oxygen atoms in total. The van der Waals surface area contributed by atoms with Crippen LogP contribution in [0.25, 0.3) is 0 Å². The summed E-state index contributed by atoms with van der Waals surface area (Å²) in [4.78, 5) is 37.4. The summed E-state index contributed by atoms with van der Waals surface area (Å²) in [5.74, 6) is -1.04. The SMILES string of the molecule is CC.Cc1ccccc1C(=O)OCCCC(C)(C)COS(=O)(=O)ON1C(=O)N2C[C@H]1CC[C@H]2C(N)=O. The Kier molecular flexibility index (Phi) is 10.3. The monoisotopic (exact) mass is 527 g/mol. The molecule has 0 aliphatic carbocycles. The van der Waals surface area contributed by atoms with Crippen molar-refractivity contribution < 1.29 is 36.0 Å². The highest BCUT2D eigenvalue weighted by atomic mass is 32.3. The number of hydrogen-bond donors (Lipinski definition) is 1. The highest BCUT2D eigenvalue weighted by Gasteiger charge is 2.49. The molecule has 202 valence electrons. The number of hydroxylamine groups is 2. The summed E-state index contributed by atoms with van der Waals surface area (Å²) in [6, 6.07) is 5.13. The van der Waals surface area contributed by atoms with Gasteiger partial charge in [-0.25, -0.2) is 13.8 Å². The van der Waals surface area contributed by atoms with E-state index in [9.17, 15) is 22.8 Å². The fourth-order valence-corrected chi connectivity index (χ4v) is 4.93. The van der Waals surface area contributed by atoms with Crippen molar-refractivity contribution >= 4 is 28.3 Å². The zero-order valence-corrected chi connectivity index (χ0v) is 22.4. The van der Waals surface area contributed by atoms with Gasteiger partial charge in [0.2, 0.25) is 5.91 Å². The molecule has 0 radical (unpaired) electrons. The lowest BCUT2D eigenvalue weighted by molar-refractivity contribution is -0.122. The van der Waals surface area contributed by atoms with Gasteiger partial charge in [0.05, 0.1) is 24.8 Å². The Morgan fingerprint density at radius 2 is 1.83 bits per heavy atom. The number of piperidine rings is 1. The zero-order chi connectivity index (χ0) is 27.1. The lowest BCUT2D eigenvalue weighted by atomic mass is 9.89. The summed E-state index contributed by atoms with van der Waals surface area (Å²) < 4.78 is 40.0. The molecule has 0 unspecified atom stereocenters. The Hall–Kier alpha value is -2.70. The normalized spacial score (nSPS) is 19.5. The van der Waals surface area contributed by atoms with Crippen molar-refractivity contribution in [2.24, 2.45) is 11.1 Å². The van der Waals surface area contributed by atoms with E-state index in [1.807, 2.05) is 46.8 Å². The summed E-state index contributed by atoms with van der Waals surface area (Å²) >= 11 is 0. The van der Waals surface area contributed by atoms with E-state index in [-0.39, 0.29) is 19.8 Å². The molecule has 0 spiro atoms. The quantitative estimate of drug-likeness (QED) is 0.341. The topological polar surface area (TPSA) is 146 Å². The van der Waals surface area contributed by atoms with E-state index in [2.05, 4.69) is 0 Å². The maximum Gasteiger partial charge on any atom is 0.421 e. The van der Waals surface area contributed by atoms with Crippen LogP contribution in [0.2, 0.25) is 0 Å². The number of primary amides is 1. The van der Waals surface area contributed by atoms with E-state index in [0.717, 1.165) is 10.6 Å². The van der Waals surface area contributed by atoms with Crippen LogP contribution in [0.3, 0.4) is 0 Å². The number of rotatable bonds is 11. The minimum absolute atomic E-state index is 0.161. The van der Waals surface area contributed by atoms with Gasteiger partial charge in [0.25, 0.3) is 0 Å². The van der Waals surface area contributed by atoms with E-state index in [1.165, 1.54) is 4.90 Å². The van der Waals surface area contributed by atoms with Gasteiger partial charge in [-0.3, -0.25) is 4.79 Å². The number of esters is 1. The number of benzene rings is 1. The molecule has 3 rings (SSSR count). The first-order chi connectivity index (χ1) is 16.9. The van der Waals surface area contributed by atoms with Crippen LogP contribution < -0.4 is 5.73 Å². The lowest BCUT2D eigenvalue weighted by Gasteiger charge is -2.27. The van der Waals surface area contributed by atoms with Gasteiger partial charge in [-0.15, -0.1) is 4.28 Å². The predicted molar refractivity (Wildman–Crippen MR) is 132 cm³/mol. The maximum atomic E-state index is 12.5. The number of amides is 3. The number of ether oxygens (including phenoxy) is 1. The number of carbonyl (C=O) groups is 3. The van der Waals surface area contributed by atoms with Gasteiger partial charge in [-0.05, 0) is 49.7 Å². The molecular weight excluding hydrogens is 490 g/mol. The van der Waals surface area contributed by atoms with Crippen molar-refractivity contribution in [3.63, 3.8) is 0 Å². The third-order valence-electron chi connectivity index (χ3n) is 6.01. The molecule has 1 aromatic rings. The zero-order valence-electron chi connectivity index (χ0n) is 21.6. The van der Waals surface area contributed by atoms with Gasteiger partial charge in [0.15, 0.2) is 0 Å². The molecule has 0 saturated carbocycles. The minimum atomic E-state index is -4.52. The van der Waals surface area contributed by atoms with Crippen molar-refractivity contribution in [3.05, 3.63) is 35.4 Å². The summed E-state index contributed by atoms with van der Waals surface area (Å²) in [6.07, 6.45) is 1.75. The predicted octanol–water partition coefficient (Wildman–Crippen LogP) is 2.93. The molecule has 2 fully saturated rings. The summed E-state index contributed by atoms with van der Waals surface area (Å²) in [5.41, 5.74) is 6.08. The fraction of sp³-hybridized carbons (Fsp3) is 0.625. The van der Waals surface area contributed by atoms with Crippen LogP contribution in [0, 0.1) is 12.3 Å². The largest absolute Gasteiger partial charge is 0.462 e. The summed E-state index contributed by atoms with van der Waals surface area (Å²) in [5, 5.41) is 0.746. The highest BCUT2D eigenvalue weighted by molar-refractivity contribution is 7.81. The minimum Gasteiger partial charge on any atom is -0.462 e. The van der Waals surface area contributed by atoms with Gasteiger partial charge in [0.1, 0.15) is 6.04 Å². The first kappa shape index (κ1) is 29.5. The maximum absolute atomic E-state index is 12.5. The Labute approximate surface area is 213 Å². The molecule has 2 aliphatic rings. The average molecular weight is 528 g/mol. The van der Waals surface area contributed by atoms with E-state index >= 15 is 0 Å². The second-order valence-corrected chi connectivity index (χ2v) is 10.6. The van der Waals surface area contributed by atoms with E-state index in [1.54, 1.807) is 12.1 Å². The number of urea groups is 1. The van der Waals surface area contributed by atoms with Crippen molar-refractivity contribution in [2.45, 2.75) is 72.4 Å². The van der Waals surface area contributed by atoms with Crippen LogP contribution in [0.1, 0.15) is 69.3 Å². The third kappa shape index (κ3) is 7.65. The number of carbonyl (C=O) groups excluding carboxylic acids is 3. The van der Waals surface area contributed by atoms with E-state index in [4.69, 9.17) is 18.9 Å². The van der Waals surface area contributed by atoms with E-state index < -0.39 is 45.8 Å². The Bertz CT molecular complexity index is 1040. The third-order valence-corrected chi connectivity index (χ3v) is 6.76. The molecule has 3 amide bonds. The highest BCUT2D eigenvalue weighted by Crippen LogP contribution is 2.31. The molecule has 12 heteroatoms. The number of fused-ring (bicyclic) bond motifs is 2. The first-order valence-corrected chi connectivity index (χ1v) is 13.4. The average Bonchev–Trinajstić information content (AvgIpc) is 3.06. The van der Waals surface area contributed by atoms with Crippen LogP contribution >= 0.6 is 0 Å². The molecule has 2 saturated heterocycles. The van der Waals surface area contributed by atoms with Crippen molar-refractivity contribution in [1.29, 1.82) is 0 Å². The molecule has 0 aromatic heterocycles. The molecule has 2 N–H and O–H groups in total. The Morgan fingerprint density at radius 3 is 2.47 bits per heavy atom. The van der Waals surface area contributed by atoms with Crippen LogP contribution in [-0.2, 0) is 28.4 Å². The first-order valence-electron chi connectivity index (χ1n) is 12.1. The van der Waals surface area contributed by atoms with Crippen molar-refractivity contribution in [1.82, 2.24) is 9.96 Å². The molecule has 2 bridgehead atoms. The summed E-state index contributed by atoms with van der Waals surface area (Å²) in [7, 11) is -4.52. The number of aryl methyl sites for hydroxylation is 1. The number of nitrogens with zero attached hydrogens (tertiary/aromatic N) is 2. The van der Waals surface area contributed by atoms with Crippen molar-refractivity contribution in [2.75, 3.05) is 19.8 Å². The van der Waals surface area contributed by atoms with Gasteiger partial charge in [0, 0.05) is 6.54 Å². The van der Waals surface area contributed by atoms with Crippen LogP contribution in [0.4, 0.5) is 4.79 Å². The van der Waals surface area contributed by atoms with Gasteiger partial charge in [-0.1, -0.05) is 45.9 Å². The molecule has 36 heavy (non-hydrogen) atoms. The molecular formula is C24H37N3O8S. The number of hydrogen-bond acceptors (Lipinski definition) is 8. The molecule has 1 aromatic carbocycles. The smallest absolute Gasteiger partial charge is 0.421 e. The Morgan fingerprint density at radius 1 is 1.17 bits per heavy atom.